The van der Waals surface area contributed by atoms with E-state index in [1.54, 1.807) is 7.05 Å². The molecule has 25 heavy (non-hydrogen) atoms. The van der Waals surface area contributed by atoms with E-state index < -0.39 is 10.0 Å². The molecule has 1 rings (SSSR count). The Morgan fingerprint density at radius 2 is 1.96 bits per heavy atom. The maximum Gasteiger partial charge on any atom is 0.211 e. The molecule has 1 N–H and O–H groups in total. The number of rotatable bonds is 8. The molecule has 0 aliphatic rings. The molecule has 0 saturated carbocycles. The van der Waals surface area contributed by atoms with Crippen molar-refractivity contribution in [3.63, 3.8) is 0 Å². The lowest BCUT2D eigenvalue weighted by atomic mass is 10.2. The molecule has 0 saturated heterocycles. The van der Waals surface area contributed by atoms with Gasteiger partial charge in [0.1, 0.15) is 0 Å². The van der Waals surface area contributed by atoms with Crippen LogP contribution in [0.4, 0.5) is 0 Å². The minimum atomic E-state index is -3.13. The van der Waals surface area contributed by atoms with E-state index >= 15 is 0 Å². The fraction of sp³-hybridized carbons (Fsp3) is 0.562. The zero-order valence-electron chi connectivity index (χ0n) is 15.2. The molecule has 0 aliphatic carbocycles. The van der Waals surface area contributed by atoms with Crippen LogP contribution in [-0.4, -0.2) is 63.6 Å². The smallest absolute Gasteiger partial charge is 0.211 e. The van der Waals surface area contributed by atoms with Gasteiger partial charge in [0.25, 0.3) is 0 Å². The first kappa shape index (κ1) is 24.4. The second kappa shape index (κ2) is 11.9. The summed E-state index contributed by atoms with van der Waals surface area (Å²) in [4.78, 5) is 6.24. The van der Waals surface area contributed by atoms with Crippen molar-refractivity contribution in [3.8, 4) is 0 Å². The molecule has 0 atom stereocenters. The average molecular weight is 503 g/mol. The molecule has 0 amide bonds. The van der Waals surface area contributed by atoms with E-state index in [1.165, 1.54) is 10.6 Å². The van der Waals surface area contributed by atoms with Crippen molar-refractivity contribution in [2.24, 2.45) is 4.99 Å². The van der Waals surface area contributed by atoms with Gasteiger partial charge in [0, 0.05) is 45.3 Å². The first-order chi connectivity index (χ1) is 11.3. The van der Waals surface area contributed by atoms with Gasteiger partial charge < -0.3 is 10.2 Å². The summed E-state index contributed by atoms with van der Waals surface area (Å²) in [5, 5.41) is 3.98. The van der Waals surface area contributed by atoms with Crippen molar-refractivity contribution in [2.75, 3.05) is 40.0 Å². The third-order valence-corrected chi connectivity index (χ3v) is 5.38. The number of hydrogen-bond acceptors (Lipinski definition) is 3. The van der Waals surface area contributed by atoms with E-state index in [0.29, 0.717) is 32.6 Å². The SMILES string of the molecule is CCN(CCCNC(=NC)N(C)Cc1ccccc1Cl)S(C)(=O)=O.I. The summed E-state index contributed by atoms with van der Waals surface area (Å²) in [6.45, 7) is 4.10. The molecule has 144 valence electrons. The first-order valence-electron chi connectivity index (χ1n) is 7.90. The van der Waals surface area contributed by atoms with Crippen molar-refractivity contribution < 1.29 is 8.42 Å². The first-order valence-corrected chi connectivity index (χ1v) is 10.1. The third-order valence-electron chi connectivity index (χ3n) is 3.63. The van der Waals surface area contributed by atoms with Gasteiger partial charge in [0.05, 0.1) is 6.26 Å². The summed E-state index contributed by atoms with van der Waals surface area (Å²) in [5.74, 6) is 0.748. The molecule has 0 unspecified atom stereocenters. The Balaban J connectivity index is 0.00000576. The monoisotopic (exact) mass is 502 g/mol. The standard InChI is InChI=1S/C16H27ClN4O2S.HI/c1-5-21(24(4,22)23)12-8-11-19-16(18-2)20(3)13-14-9-6-7-10-15(14)17;/h6-7,9-10H,5,8,11-13H2,1-4H3,(H,18,19);1H. The molecule has 1 aromatic carbocycles. The van der Waals surface area contributed by atoms with Gasteiger partial charge in [-0.15, -0.1) is 24.0 Å². The van der Waals surface area contributed by atoms with Crippen LogP contribution in [0.3, 0.4) is 0 Å². The van der Waals surface area contributed by atoms with Crippen LogP contribution in [0.25, 0.3) is 0 Å². The molecule has 0 heterocycles. The maximum atomic E-state index is 11.6. The summed E-state index contributed by atoms with van der Waals surface area (Å²) in [6.07, 6.45) is 1.94. The van der Waals surface area contributed by atoms with Gasteiger partial charge in [0.15, 0.2) is 5.96 Å². The lowest BCUT2D eigenvalue weighted by Crippen LogP contribution is -2.40. The number of guanidine groups is 1. The largest absolute Gasteiger partial charge is 0.356 e. The number of aliphatic imine (C=N–C) groups is 1. The summed E-state index contributed by atoms with van der Waals surface area (Å²) >= 11 is 6.19. The quantitative estimate of drug-likeness (QED) is 0.257. The van der Waals surface area contributed by atoms with Crippen LogP contribution < -0.4 is 5.32 Å². The van der Waals surface area contributed by atoms with E-state index in [0.717, 1.165) is 16.5 Å². The molecule has 1 aromatic rings. The second-order valence-electron chi connectivity index (χ2n) is 5.53. The van der Waals surface area contributed by atoms with Crippen molar-refractivity contribution in [1.82, 2.24) is 14.5 Å². The van der Waals surface area contributed by atoms with E-state index in [9.17, 15) is 8.42 Å². The van der Waals surface area contributed by atoms with Crippen molar-refractivity contribution in [3.05, 3.63) is 34.9 Å². The summed E-state index contributed by atoms with van der Waals surface area (Å²) in [5.41, 5.74) is 1.03. The number of hydrogen-bond donors (Lipinski definition) is 1. The lowest BCUT2D eigenvalue weighted by molar-refractivity contribution is 0.419. The Bertz CT molecular complexity index is 655. The zero-order valence-corrected chi connectivity index (χ0v) is 19.1. The minimum Gasteiger partial charge on any atom is -0.356 e. The highest BCUT2D eigenvalue weighted by Crippen LogP contribution is 2.16. The highest BCUT2D eigenvalue weighted by Gasteiger charge is 2.14. The molecule has 9 heteroatoms. The van der Waals surface area contributed by atoms with Crippen LogP contribution in [0.15, 0.2) is 29.3 Å². The number of halogens is 2. The highest BCUT2D eigenvalue weighted by atomic mass is 127. The third kappa shape index (κ3) is 8.57. The molecule has 0 fully saturated rings. The van der Waals surface area contributed by atoms with Crippen LogP contribution in [0.5, 0.6) is 0 Å². The molecule has 0 aliphatic heterocycles. The van der Waals surface area contributed by atoms with E-state index in [-0.39, 0.29) is 24.0 Å². The van der Waals surface area contributed by atoms with Gasteiger partial charge >= 0.3 is 0 Å². The van der Waals surface area contributed by atoms with Crippen molar-refractivity contribution in [1.29, 1.82) is 0 Å². The molecule has 0 bridgehead atoms. The van der Waals surface area contributed by atoms with Gasteiger partial charge in [-0.2, -0.15) is 0 Å². The van der Waals surface area contributed by atoms with Gasteiger partial charge in [-0.3, -0.25) is 4.99 Å². The van der Waals surface area contributed by atoms with Gasteiger partial charge in [-0.05, 0) is 18.1 Å². The van der Waals surface area contributed by atoms with Crippen LogP contribution in [-0.2, 0) is 16.6 Å². The minimum absolute atomic E-state index is 0. The Labute approximate surface area is 173 Å². The molecule has 0 spiro atoms. The molecular weight excluding hydrogens is 475 g/mol. The Kier molecular flexibility index (Phi) is 11.6. The fourth-order valence-corrected chi connectivity index (χ4v) is 3.48. The van der Waals surface area contributed by atoms with E-state index in [2.05, 4.69) is 10.3 Å². The summed E-state index contributed by atoms with van der Waals surface area (Å²) in [6, 6.07) is 7.71. The average Bonchev–Trinajstić information content (AvgIpc) is 2.51. The number of nitrogens with one attached hydrogen (secondary N) is 1. The highest BCUT2D eigenvalue weighted by molar-refractivity contribution is 14.0. The zero-order chi connectivity index (χ0) is 18.2. The molecule has 0 radical (unpaired) electrons. The Morgan fingerprint density at radius 1 is 1.32 bits per heavy atom. The molecular formula is C16H28ClIN4O2S. The normalized spacial score (nSPS) is 12.0. The summed E-state index contributed by atoms with van der Waals surface area (Å²) in [7, 11) is 0.528. The van der Waals surface area contributed by atoms with E-state index in [4.69, 9.17) is 11.6 Å². The predicted molar refractivity (Wildman–Crippen MR) is 116 cm³/mol. The van der Waals surface area contributed by atoms with Gasteiger partial charge in [-0.1, -0.05) is 36.7 Å². The van der Waals surface area contributed by atoms with Gasteiger partial charge in [-0.25, -0.2) is 12.7 Å². The van der Waals surface area contributed by atoms with Crippen LogP contribution in [0, 0.1) is 0 Å². The van der Waals surface area contributed by atoms with Crippen LogP contribution in [0.2, 0.25) is 5.02 Å². The topological polar surface area (TPSA) is 65.0 Å². The van der Waals surface area contributed by atoms with Crippen molar-refractivity contribution in [2.45, 2.75) is 19.9 Å². The molecule has 6 nitrogen and oxygen atoms in total. The number of nitrogens with zero attached hydrogens (tertiary/aromatic N) is 3. The van der Waals surface area contributed by atoms with Gasteiger partial charge in [0.2, 0.25) is 10.0 Å². The van der Waals surface area contributed by atoms with Crippen LogP contribution >= 0.6 is 35.6 Å². The number of sulfonamides is 1. The second-order valence-corrected chi connectivity index (χ2v) is 7.92. The maximum absolute atomic E-state index is 11.6. The van der Waals surface area contributed by atoms with E-state index in [1.807, 2.05) is 43.1 Å². The Hall–Kier alpha value is -0.580. The van der Waals surface area contributed by atoms with Crippen LogP contribution in [0.1, 0.15) is 18.9 Å². The van der Waals surface area contributed by atoms with Crippen molar-refractivity contribution >= 4 is 51.6 Å². The molecule has 0 aromatic heterocycles. The number of benzene rings is 1. The predicted octanol–water partition coefficient (Wildman–Crippen LogP) is 2.64. The fourth-order valence-electron chi connectivity index (χ4n) is 2.36. The Morgan fingerprint density at radius 3 is 2.48 bits per heavy atom. The summed E-state index contributed by atoms with van der Waals surface area (Å²) < 4.78 is 24.6. The lowest BCUT2D eigenvalue weighted by Gasteiger charge is -2.23.